The number of hydrogen-bond donors (Lipinski definition) is 1. The summed E-state index contributed by atoms with van der Waals surface area (Å²) in [6, 6.07) is 6.58. The van der Waals surface area contributed by atoms with Gasteiger partial charge in [-0.05, 0) is 19.1 Å². The highest BCUT2D eigenvalue weighted by Gasteiger charge is 2.23. The van der Waals surface area contributed by atoms with Gasteiger partial charge in [-0.25, -0.2) is 0 Å². The summed E-state index contributed by atoms with van der Waals surface area (Å²) < 4.78 is 15.6. The largest absolute Gasteiger partial charge is 0.497 e. The van der Waals surface area contributed by atoms with Gasteiger partial charge in [-0.2, -0.15) is 0 Å². The summed E-state index contributed by atoms with van der Waals surface area (Å²) in [7, 11) is 3.26. The fourth-order valence-electron chi connectivity index (χ4n) is 2.10. The van der Waals surface area contributed by atoms with E-state index in [2.05, 4.69) is 5.16 Å². The molecule has 1 aromatic carbocycles. The molecule has 2 N–H and O–H groups in total. The third-order valence-corrected chi connectivity index (χ3v) is 3.58. The predicted octanol–water partition coefficient (Wildman–Crippen LogP) is 1.85. The molecule has 0 aliphatic rings. The van der Waals surface area contributed by atoms with Gasteiger partial charge in [0.05, 0.1) is 18.7 Å². The Kier molecular flexibility index (Phi) is 5.59. The van der Waals surface area contributed by atoms with E-state index in [1.54, 1.807) is 43.3 Å². The molecule has 0 saturated heterocycles. The van der Waals surface area contributed by atoms with E-state index in [1.165, 1.54) is 6.26 Å². The second-order valence-electron chi connectivity index (χ2n) is 5.02. The zero-order chi connectivity index (χ0) is 16.8. The van der Waals surface area contributed by atoms with Crippen LogP contribution in [0.25, 0.3) is 0 Å². The lowest BCUT2D eigenvalue weighted by atomic mass is 10.1. The van der Waals surface area contributed by atoms with Crippen LogP contribution in [0.2, 0.25) is 0 Å². The van der Waals surface area contributed by atoms with Crippen LogP contribution in [0.15, 0.2) is 35.1 Å². The molecule has 0 saturated carbocycles. The first-order valence-corrected chi connectivity index (χ1v) is 7.26. The molecule has 0 spiro atoms. The molecule has 23 heavy (non-hydrogen) atoms. The van der Waals surface area contributed by atoms with Crippen molar-refractivity contribution in [1.29, 1.82) is 0 Å². The summed E-state index contributed by atoms with van der Waals surface area (Å²) in [4.78, 5) is 14.4. The molecule has 0 bridgehead atoms. The minimum atomic E-state index is -0.231. The van der Waals surface area contributed by atoms with Crippen molar-refractivity contribution in [3.63, 3.8) is 0 Å². The quantitative estimate of drug-likeness (QED) is 0.837. The normalized spacial score (nSPS) is 11.8. The van der Waals surface area contributed by atoms with Gasteiger partial charge in [-0.1, -0.05) is 5.16 Å². The van der Waals surface area contributed by atoms with Crippen molar-refractivity contribution in [2.45, 2.75) is 13.0 Å². The van der Waals surface area contributed by atoms with Crippen molar-refractivity contribution in [2.24, 2.45) is 5.73 Å². The Labute approximate surface area is 134 Å². The zero-order valence-corrected chi connectivity index (χ0v) is 13.5. The van der Waals surface area contributed by atoms with Gasteiger partial charge in [0.1, 0.15) is 30.1 Å². The minimum absolute atomic E-state index is 0.185. The van der Waals surface area contributed by atoms with Crippen LogP contribution in [0.1, 0.15) is 29.0 Å². The van der Waals surface area contributed by atoms with Gasteiger partial charge in [-0.15, -0.1) is 0 Å². The van der Waals surface area contributed by atoms with Crippen molar-refractivity contribution < 1.29 is 18.8 Å². The highest BCUT2D eigenvalue weighted by atomic mass is 16.5. The van der Waals surface area contributed by atoms with E-state index in [9.17, 15) is 4.79 Å². The molecule has 1 heterocycles. The number of carbonyl (C=O) groups excluding carboxylic acids is 1. The van der Waals surface area contributed by atoms with Crippen LogP contribution in [-0.2, 0) is 0 Å². The number of ether oxygens (including phenoxy) is 2. The average Bonchev–Trinajstić information content (AvgIpc) is 3.12. The Hall–Kier alpha value is -2.54. The third-order valence-electron chi connectivity index (χ3n) is 3.58. The van der Waals surface area contributed by atoms with Gasteiger partial charge < -0.3 is 24.6 Å². The minimum Gasteiger partial charge on any atom is -0.497 e. The van der Waals surface area contributed by atoms with Crippen molar-refractivity contribution >= 4 is 5.91 Å². The molecular formula is C16H21N3O4. The van der Waals surface area contributed by atoms with Crippen molar-refractivity contribution in [3.05, 3.63) is 41.8 Å². The molecule has 1 atom stereocenters. The number of rotatable bonds is 7. The van der Waals surface area contributed by atoms with Crippen molar-refractivity contribution in [1.82, 2.24) is 10.1 Å². The molecule has 124 valence electrons. The lowest BCUT2D eigenvalue weighted by Gasteiger charge is -2.24. The van der Waals surface area contributed by atoms with E-state index in [0.717, 1.165) is 0 Å². The fourth-order valence-corrected chi connectivity index (χ4v) is 2.10. The summed E-state index contributed by atoms with van der Waals surface area (Å²) in [5.74, 6) is 0.870. The van der Waals surface area contributed by atoms with Crippen LogP contribution < -0.4 is 15.2 Å². The van der Waals surface area contributed by atoms with Crippen LogP contribution in [0.4, 0.5) is 0 Å². The number of carbonyl (C=O) groups is 1. The molecular weight excluding hydrogens is 298 g/mol. The van der Waals surface area contributed by atoms with Crippen LogP contribution in [0, 0.1) is 0 Å². The first-order valence-electron chi connectivity index (χ1n) is 7.26. The molecule has 2 rings (SSSR count). The van der Waals surface area contributed by atoms with Gasteiger partial charge in [-0.3, -0.25) is 4.79 Å². The van der Waals surface area contributed by atoms with E-state index < -0.39 is 0 Å². The molecule has 2 aromatic rings. The van der Waals surface area contributed by atoms with Gasteiger partial charge in [0.25, 0.3) is 5.91 Å². The number of aromatic nitrogens is 1. The number of hydrogen-bond acceptors (Lipinski definition) is 6. The van der Waals surface area contributed by atoms with Gasteiger partial charge in [0.15, 0.2) is 0 Å². The Bertz CT molecular complexity index is 643. The van der Waals surface area contributed by atoms with Gasteiger partial charge >= 0.3 is 0 Å². The molecule has 7 heteroatoms. The molecule has 1 amide bonds. The zero-order valence-electron chi connectivity index (χ0n) is 13.5. The molecule has 0 aliphatic heterocycles. The van der Waals surface area contributed by atoms with Crippen LogP contribution in [0.5, 0.6) is 11.5 Å². The standard InChI is InChI=1S/C16H21N3O4/c1-11(14-6-8-23-18-14)19(2)16(20)13-5-4-12(21-3)10-15(13)22-9-7-17/h4-6,8,10-11H,7,9,17H2,1-3H3. The van der Waals surface area contributed by atoms with Crippen LogP contribution in [-0.4, -0.2) is 43.3 Å². The van der Waals surface area contributed by atoms with Crippen molar-refractivity contribution in [2.75, 3.05) is 27.3 Å². The number of nitrogens with zero attached hydrogens (tertiary/aromatic N) is 2. The van der Waals surface area contributed by atoms with Crippen molar-refractivity contribution in [3.8, 4) is 11.5 Å². The van der Waals surface area contributed by atoms with E-state index in [4.69, 9.17) is 19.7 Å². The van der Waals surface area contributed by atoms with E-state index in [1.807, 2.05) is 6.92 Å². The van der Waals surface area contributed by atoms with Gasteiger partial charge in [0, 0.05) is 25.7 Å². The number of benzene rings is 1. The number of amides is 1. The Balaban J connectivity index is 2.26. The lowest BCUT2D eigenvalue weighted by Crippen LogP contribution is -2.30. The smallest absolute Gasteiger partial charge is 0.257 e. The van der Waals surface area contributed by atoms with E-state index in [0.29, 0.717) is 35.9 Å². The molecule has 0 fully saturated rings. The van der Waals surface area contributed by atoms with Crippen LogP contribution >= 0.6 is 0 Å². The fraction of sp³-hybridized carbons (Fsp3) is 0.375. The monoisotopic (exact) mass is 319 g/mol. The first-order chi connectivity index (χ1) is 11.1. The maximum Gasteiger partial charge on any atom is 0.257 e. The topological polar surface area (TPSA) is 90.8 Å². The molecule has 1 aromatic heterocycles. The molecule has 0 radical (unpaired) electrons. The van der Waals surface area contributed by atoms with Gasteiger partial charge in [0.2, 0.25) is 0 Å². The highest BCUT2D eigenvalue weighted by molar-refractivity contribution is 5.97. The first kappa shape index (κ1) is 16.8. The maximum absolute atomic E-state index is 12.8. The predicted molar refractivity (Wildman–Crippen MR) is 84.6 cm³/mol. The lowest BCUT2D eigenvalue weighted by molar-refractivity contribution is 0.0733. The Morgan fingerprint density at radius 3 is 2.83 bits per heavy atom. The Morgan fingerprint density at radius 1 is 1.43 bits per heavy atom. The van der Waals surface area contributed by atoms with E-state index >= 15 is 0 Å². The average molecular weight is 319 g/mol. The highest BCUT2D eigenvalue weighted by Crippen LogP contribution is 2.28. The molecule has 0 aliphatic carbocycles. The number of methoxy groups -OCH3 is 1. The SMILES string of the molecule is COc1ccc(C(=O)N(C)C(C)c2ccon2)c(OCCN)c1. The summed E-state index contributed by atoms with van der Waals surface area (Å²) in [5, 5.41) is 3.88. The second kappa shape index (κ2) is 7.64. The Morgan fingerprint density at radius 2 is 2.22 bits per heavy atom. The number of nitrogens with two attached hydrogens (primary N) is 1. The molecule has 7 nitrogen and oxygen atoms in total. The van der Waals surface area contributed by atoms with E-state index in [-0.39, 0.29) is 11.9 Å². The summed E-state index contributed by atoms with van der Waals surface area (Å²) in [5.41, 5.74) is 6.60. The van der Waals surface area contributed by atoms with Crippen LogP contribution in [0.3, 0.4) is 0 Å². The molecule has 1 unspecified atom stereocenters. The summed E-state index contributed by atoms with van der Waals surface area (Å²) in [6.07, 6.45) is 1.48. The summed E-state index contributed by atoms with van der Waals surface area (Å²) >= 11 is 0. The maximum atomic E-state index is 12.8. The second-order valence-corrected chi connectivity index (χ2v) is 5.02. The summed E-state index contributed by atoms with van der Waals surface area (Å²) in [6.45, 7) is 2.55. The third kappa shape index (κ3) is 3.81.